The molecule has 2 nitrogen and oxygen atoms in total. The van der Waals surface area contributed by atoms with Crippen LogP contribution in [0.5, 0.6) is 0 Å². The van der Waals surface area contributed by atoms with Crippen LogP contribution in [0.2, 0.25) is 0 Å². The fourth-order valence-electron chi connectivity index (χ4n) is 5.03. The predicted octanol–water partition coefficient (Wildman–Crippen LogP) is 5.53. The van der Waals surface area contributed by atoms with Crippen LogP contribution in [0.15, 0.2) is 42.5 Å². The van der Waals surface area contributed by atoms with Crippen molar-refractivity contribution in [2.75, 3.05) is 13.1 Å². The SMILES string of the molecule is CCC(C(=O)Cc1c(C)cccc1C)[N+]1(Cc2ccccc2F)CCCCC1. The van der Waals surface area contributed by atoms with E-state index in [0.29, 0.717) is 23.2 Å². The second kappa shape index (κ2) is 9.00. The Morgan fingerprint density at radius 2 is 1.64 bits per heavy atom. The van der Waals surface area contributed by atoms with Crippen molar-refractivity contribution in [3.05, 3.63) is 70.5 Å². The van der Waals surface area contributed by atoms with E-state index in [9.17, 15) is 9.18 Å². The molecule has 2 aromatic carbocycles. The van der Waals surface area contributed by atoms with E-state index in [0.717, 1.165) is 43.5 Å². The Morgan fingerprint density at radius 3 is 2.25 bits per heavy atom. The summed E-state index contributed by atoms with van der Waals surface area (Å²) in [5, 5.41) is 0. The van der Waals surface area contributed by atoms with Gasteiger partial charge in [-0.15, -0.1) is 0 Å². The lowest BCUT2D eigenvalue weighted by atomic mass is 9.91. The molecular weight excluding hydrogens is 349 g/mol. The number of carbonyl (C=O) groups excluding carboxylic acids is 1. The summed E-state index contributed by atoms with van der Waals surface area (Å²) >= 11 is 0. The number of carbonyl (C=O) groups is 1. The van der Waals surface area contributed by atoms with Gasteiger partial charge >= 0.3 is 0 Å². The molecular formula is C25H33FNO+. The molecule has 1 heterocycles. The molecule has 0 aromatic heterocycles. The molecule has 150 valence electrons. The van der Waals surface area contributed by atoms with Crippen molar-refractivity contribution >= 4 is 5.78 Å². The van der Waals surface area contributed by atoms with Crippen LogP contribution in [-0.4, -0.2) is 29.4 Å². The summed E-state index contributed by atoms with van der Waals surface area (Å²) in [4.78, 5) is 13.5. The summed E-state index contributed by atoms with van der Waals surface area (Å²) in [5.74, 6) is 0.153. The number of likely N-dealkylation sites (tertiary alicyclic amines) is 1. The van der Waals surface area contributed by atoms with Gasteiger partial charge in [-0.1, -0.05) is 43.3 Å². The molecule has 3 heteroatoms. The fourth-order valence-corrected chi connectivity index (χ4v) is 5.03. The number of halogens is 1. The Kier molecular flexibility index (Phi) is 6.66. The maximum Gasteiger partial charge on any atom is 0.194 e. The van der Waals surface area contributed by atoms with Crippen molar-refractivity contribution in [3.63, 3.8) is 0 Å². The number of rotatable bonds is 7. The summed E-state index contributed by atoms with van der Waals surface area (Å²) in [6.07, 6.45) is 4.72. The zero-order valence-electron chi connectivity index (χ0n) is 17.5. The van der Waals surface area contributed by atoms with Gasteiger partial charge < -0.3 is 4.48 Å². The van der Waals surface area contributed by atoms with E-state index in [1.807, 2.05) is 18.2 Å². The van der Waals surface area contributed by atoms with E-state index < -0.39 is 0 Å². The lowest BCUT2D eigenvalue weighted by molar-refractivity contribution is -0.959. The molecule has 1 aliphatic heterocycles. The summed E-state index contributed by atoms with van der Waals surface area (Å²) in [6.45, 7) is 8.83. The minimum atomic E-state index is -0.150. The highest BCUT2D eigenvalue weighted by Crippen LogP contribution is 2.30. The van der Waals surface area contributed by atoms with Crippen LogP contribution in [0.4, 0.5) is 4.39 Å². The monoisotopic (exact) mass is 382 g/mol. The summed E-state index contributed by atoms with van der Waals surface area (Å²) in [5.41, 5.74) is 4.26. The van der Waals surface area contributed by atoms with E-state index in [1.165, 1.54) is 23.6 Å². The third-order valence-corrected chi connectivity index (χ3v) is 6.56. The second-order valence-electron chi connectivity index (χ2n) is 8.41. The van der Waals surface area contributed by atoms with E-state index >= 15 is 0 Å². The van der Waals surface area contributed by atoms with Gasteiger partial charge in [-0.3, -0.25) is 4.79 Å². The van der Waals surface area contributed by atoms with Crippen LogP contribution in [0, 0.1) is 19.7 Å². The quantitative estimate of drug-likeness (QED) is 0.575. The first kappa shape index (κ1) is 20.7. The summed E-state index contributed by atoms with van der Waals surface area (Å²) in [6, 6.07) is 13.2. The van der Waals surface area contributed by atoms with E-state index in [1.54, 1.807) is 6.07 Å². The van der Waals surface area contributed by atoms with Gasteiger partial charge in [0.05, 0.1) is 13.1 Å². The highest BCUT2D eigenvalue weighted by atomic mass is 19.1. The highest BCUT2D eigenvalue weighted by molar-refractivity contribution is 5.85. The van der Waals surface area contributed by atoms with Gasteiger partial charge in [0.2, 0.25) is 0 Å². The molecule has 1 atom stereocenters. The van der Waals surface area contributed by atoms with Crippen molar-refractivity contribution < 1.29 is 13.7 Å². The molecule has 0 N–H and O–H groups in total. The first-order valence-corrected chi connectivity index (χ1v) is 10.6. The molecule has 3 rings (SSSR count). The van der Waals surface area contributed by atoms with Crippen LogP contribution >= 0.6 is 0 Å². The molecule has 0 spiro atoms. The van der Waals surface area contributed by atoms with Crippen molar-refractivity contribution in [1.82, 2.24) is 0 Å². The largest absolute Gasteiger partial charge is 0.311 e. The molecule has 1 saturated heterocycles. The lowest BCUT2D eigenvalue weighted by Gasteiger charge is -2.46. The average molecular weight is 383 g/mol. The van der Waals surface area contributed by atoms with E-state index in [2.05, 4.69) is 32.9 Å². The number of piperidine rings is 1. The number of Topliss-reactive ketones (excluding diaryl/α,β-unsaturated/α-hetero) is 1. The zero-order chi connectivity index (χ0) is 20.1. The molecule has 0 bridgehead atoms. The zero-order valence-corrected chi connectivity index (χ0v) is 17.5. The molecule has 28 heavy (non-hydrogen) atoms. The summed E-state index contributed by atoms with van der Waals surface area (Å²) < 4.78 is 15.2. The molecule has 1 fully saturated rings. The smallest absolute Gasteiger partial charge is 0.194 e. The predicted molar refractivity (Wildman–Crippen MR) is 113 cm³/mol. The standard InChI is InChI=1S/C25H33FNO/c1-4-24(25(28)17-22-19(2)11-10-12-20(22)3)27(15-8-5-9-16-27)18-21-13-6-7-14-23(21)26/h6-7,10-14,24H,4-5,8-9,15-18H2,1-3H3/q+1. The van der Waals surface area contributed by atoms with E-state index in [4.69, 9.17) is 0 Å². The topological polar surface area (TPSA) is 17.1 Å². The van der Waals surface area contributed by atoms with E-state index in [-0.39, 0.29) is 11.9 Å². The Hall–Kier alpha value is -2.00. The second-order valence-corrected chi connectivity index (χ2v) is 8.41. The Morgan fingerprint density at radius 1 is 1.00 bits per heavy atom. The molecule has 0 radical (unpaired) electrons. The molecule has 2 aromatic rings. The normalized spacial score (nSPS) is 17.3. The third-order valence-electron chi connectivity index (χ3n) is 6.56. The average Bonchev–Trinajstić information content (AvgIpc) is 2.68. The van der Waals surface area contributed by atoms with Gasteiger partial charge in [0.25, 0.3) is 0 Å². The molecule has 1 aliphatic rings. The number of ketones is 1. The lowest BCUT2D eigenvalue weighted by Crippen LogP contribution is -2.60. The number of nitrogens with zero attached hydrogens (tertiary/aromatic N) is 1. The van der Waals surface area contributed by atoms with Crippen molar-refractivity contribution in [2.24, 2.45) is 0 Å². The van der Waals surface area contributed by atoms with Gasteiger partial charge in [0, 0.05) is 18.4 Å². The number of aryl methyl sites for hydroxylation is 2. The number of benzene rings is 2. The van der Waals surface area contributed by atoms with Gasteiger partial charge in [-0.25, -0.2) is 4.39 Å². The fraction of sp³-hybridized carbons (Fsp3) is 0.480. The van der Waals surface area contributed by atoms with Gasteiger partial charge in [-0.2, -0.15) is 0 Å². The minimum absolute atomic E-state index is 0.0705. The van der Waals surface area contributed by atoms with Gasteiger partial charge in [-0.05, 0) is 55.9 Å². The maximum absolute atomic E-state index is 14.4. The minimum Gasteiger partial charge on any atom is -0.311 e. The van der Waals surface area contributed by atoms with Gasteiger partial charge in [0.15, 0.2) is 5.78 Å². The number of hydrogen-bond donors (Lipinski definition) is 0. The number of quaternary nitrogens is 1. The maximum atomic E-state index is 14.4. The molecule has 0 amide bonds. The first-order chi connectivity index (χ1) is 13.5. The first-order valence-electron chi connectivity index (χ1n) is 10.6. The highest BCUT2D eigenvalue weighted by Gasteiger charge is 2.42. The van der Waals surface area contributed by atoms with Crippen molar-refractivity contribution in [3.8, 4) is 0 Å². The molecule has 0 saturated carbocycles. The number of hydrogen-bond acceptors (Lipinski definition) is 1. The van der Waals surface area contributed by atoms with Crippen LogP contribution < -0.4 is 0 Å². The van der Waals surface area contributed by atoms with Crippen molar-refractivity contribution in [1.29, 1.82) is 0 Å². The van der Waals surface area contributed by atoms with Crippen LogP contribution in [-0.2, 0) is 17.8 Å². The Labute approximate surface area is 169 Å². The molecule has 1 unspecified atom stereocenters. The third kappa shape index (κ3) is 4.35. The Bertz CT molecular complexity index is 803. The van der Waals surface area contributed by atoms with Crippen LogP contribution in [0.3, 0.4) is 0 Å². The van der Waals surface area contributed by atoms with Gasteiger partial charge in [0.1, 0.15) is 18.4 Å². The summed E-state index contributed by atoms with van der Waals surface area (Å²) in [7, 11) is 0. The Balaban J connectivity index is 1.91. The van der Waals surface area contributed by atoms with Crippen molar-refractivity contribution in [2.45, 2.75) is 65.5 Å². The van der Waals surface area contributed by atoms with Crippen LogP contribution in [0.1, 0.15) is 54.9 Å². The van der Waals surface area contributed by atoms with Crippen LogP contribution in [0.25, 0.3) is 0 Å². The molecule has 0 aliphatic carbocycles.